The van der Waals surface area contributed by atoms with Crippen molar-refractivity contribution in [2.24, 2.45) is 10.8 Å². The highest BCUT2D eigenvalue weighted by Crippen LogP contribution is 2.21. The van der Waals surface area contributed by atoms with Crippen LogP contribution in [0.2, 0.25) is 0 Å². The van der Waals surface area contributed by atoms with Crippen LogP contribution >= 0.6 is 0 Å². The average molecular weight is 200 g/mol. The molecular formula is C11H20O3. The molecule has 0 radical (unpaired) electrons. The third-order valence-corrected chi connectivity index (χ3v) is 2.03. The molecule has 0 saturated heterocycles. The zero-order chi connectivity index (χ0) is 11.6. The molecule has 0 N–H and O–H groups in total. The summed E-state index contributed by atoms with van der Waals surface area (Å²) in [7, 11) is 0. The number of ketones is 1. The quantitative estimate of drug-likeness (QED) is 0.518. The van der Waals surface area contributed by atoms with Crippen molar-refractivity contribution in [1.29, 1.82) is 0 Å². The fraction of sp³-hybridized carbons (Fsp3) is 0.818. The summed E-state index contributed by atoms with van der Waals surface area (Å²) in [5.41, 5.74) is -1.09. The SMILES string of the molecule is CC(=O)C(C)(C)C(=O)OCC(C)(C)C. The van der Waals surface area contributed by atoms with Gasteiger partial charge in [0.15, 0.2) is 0 Å². The maximum atomic E-state index is 11.5. The van der Waals surface area contributed by atoms with Crippen LogP contribution < -0.4 is 0 Å². The van der Waals surface area contributed by atoms with Crippen LogP contribution in [0.4, 0.5) is 0 Å². The van der Waals surface area contributed by atoms with Crippen LogP contribution in [0.5, 0.6) is 0 Å². The van der Waals surface area contributed by atoms with Gasteiger partial charge in [0.1, 0.15) is 11.2 Å². The van der Waals surface area contributed by atoms with Crippen LogP contribution in [0, 0.1) is 10.8 Å². The molecule has 3 heteroatoms. The van der Waals surface area contributed by atoms with Crippen molar-refractivity contribution in [2.45, 2.75) is 41.5 Å². The molecular weight excluding hydrogens is 180 g/mol. The molecule has 82 valence electrons. The van der Waals surface area contributed by atoms with Crippen LogP contribution in [0.15, 0.2) is 0 Å². The van der Waals surface area contributed by atoms with E-state index in [0.717, 1.165) is 0 Å². The van der Waals surface area contributed by atoms with Gasteiger partial charge in [-0.25, -0.2) is 0 Å². The summed E-state index contributed by atoms with van der Waals surface area (Å²) in [6.45, 7) is 10.8. The van der Waals surface area contributed by atoms with Crippen molar-refractivity contribution >= 4 is 11.8 Å². The van der Waals surface area contributed by atoms with Crippen LogP contribution in [-0.4, -0.2) is 18.4 Å². The number of Topliss-reactive ketones (excluding diaryl/α,β-unsaturated/α-hetero) is 1. The van der Waals surface area contributed by atoms with Crippen LogP contribution in [-0.2, 0) is 14.3 Å². The molecule has 0 heterocycles. The van der Waals surface area contributed by atoms with Gasteiger partial charge < -0.3 is 4.74 Å². The van der Waals surface area contributed by atoms with Crippen molar-refractivity contribution < 1.29 is 14.3 Å². The molecule has 0 fully saturated rings. The number of carbonyl (C=O) groups is 2. The molecule has 0 aromatic heterocycles. The van der Waals surface area contributed by atoms with E-state index in [4.69, 9.17) is 4.74 Å². The molecule has 14 heavy (non-hydrogen) atoms. The van der Waals surface area contributed by atoms with E-state index in [1.165, 1.54) is 6.92 Å². The summed E-state index contributed by atoms with van der Waals surface area (Å²) in [5, 5.41) is 0. The maximum absolute atomic E-state index is 11.5. The molecule has 0 rings (SSSR count). The normalized spacial score (nSPS) is 12.4. The standard InChI is InChI=1S/C11H20O3/c1-8(12)11(5,6)9(13)14-7-10(2,3)4/h7H2,1-6H3. The summed E-state index contributed by atoms with van der Waals surface area (Å²) in [5.74, 6) is -0.615. The highest BCUT2D eigenvalue weighted by Gasteiger charge is 2.35. The van der Waals surface area contributed by atoms with E-state index >= 15 is 0 Å². The molecule has 0 aliphatic heterocycles. The van der Waals surface area contributed by atoms with Gasteiger partial charge in [0.2, 0.25) is 0 Å². The molecule has 0 aliphatic rings. The Hall–Kier alpha value is -0.860. The number of rotatable bonds is 3. The Bertz CT molecular complexity index is 233. The first kappa shape index (κ1) is 13.1. The van der Waals surface area contributed by atoms with E-state index in [1.54, 1.807) is 13.8 Å². The summed E-state index contributed by atoms with van der Waals surface area (Å²) < 4.78 is 5.07. The summed E-state index contributed by atoms with van der Waals surface area (Å²) >= 11 is 0. The van der Waals surface area contributed by atoms with E-state index in [1.807, 2.05) is 20.8 Å². The lowest BCUT2D eigenvalue weighted by Crippen LogP contribution is -2.35. The Kier molecular flexibility index (Phi) is 3.86. The summed E-state index contributed by atoms with van der Waals surface area (Å²) in [4.78, 5) is 22.6. The molecule has 3 nitrogen and oxygen atoms in total. The maximum Gasteiger partial charge on any atom is 0.319 e. The minimum absolute atomic E-state index is 0.0669. The first-order valence-electron chi connectivity index (χ1n) is 4.75. The Morgan fingerprint density at radius 2 is 1.50 bits per heavy atom. The van der Waals surface area contributed by atoms with Crippen molar-refractivity contribution in [3.05, 3.63) is 0 Å². The largest absolute Gasteiger partial charge is 0.464 e. The van der Waals surface area contributed by atoms with Crippen LogP contribution in [0.1, 0.15) is 41.5 Å². The molecule has 0 amide bonds. The van der Waals surface area contributed by atoms with Crippen molar-refractivity contribution in [2.75, 3.05) is 6.61 Å². The lowest BCUT2D eigenvalue weighted by molar-refractivity contribution is -0.160. The van der Waals surface area contributed by atoms with Gasteiger partial charge in [-0.05, 0) is 26.2 Å². The number of esters is 1. The molecule has 0 bridgehead atoms. The second-order valence-electron chi connectivity index (χ2n) is 5.32. The summed E-state index contributed by atoms with van der Waals surface area (Å²) in [6, 6.07) is 0. The van der Waals surface area contributed by atoms with Crippen LogP contribution in [0.25, 0.3) is 0 Å². The highest BCUT2D eigenvalue weighted by molar-refractivity contribution is 6.01. The molecule has 0 spiro atoms. The molecule has 0 unspecified atom stereocenters. The van der Waals surface area contributed by atoms with E-state index in [-0.39, 0.29) is 11.2 Å². The Balaban J connectivity index is 4.30. The predicted octanol–water partition coefficient (Wildman–Crippen LogP) is 2.19. The number of carbonyl (C=O) groups excluding carboxylic acids is 2. The summed E-state index contributed by atoms with van der Waals surface area (Å²) in [6.07, 6.45) is 0. The van der Waals surface area contributed by atoms with Gasteiger partial charge in [0.05, 0.1) is 6.61 Å². The third-order valence-electron chi connectivity index (χ3n) is 2.03. The number of hydrogen-bond donors (Lipinski definition) is 0. The van der Waals surface area contributed by atoms with Crippen molar-refractivity contribution in [3.63, 3.8) is 0 Å². The number of ether oxygens (including phenoxy) is 1. The Morgan fingerprint density at radius 3 is 1.79 bits per heavy atom. The van der Waals surface area contributed by atoms with Gasteiger partial charge in [-0.1, -0.05) is 20.8 Å². The van der Waals surface area contributed by atoms with Crippen molar-refractivity contribution in [1.82, 2.24) is 0 Å². The molecule has 0 aliphatic carbocycles. The van der Waals surface area contributed by atoms with E-state index < -0.39 is 11.4 Å². The first-order valence-corrected chi connectivity index (χ1v) is 4.75. The monoisotopic (exact) mass is 200 g/mol. The van der Waals surface area contributed by atoms with Gasteiger partial charge in [-0.2, -0.15) is 0 Å². The third kappa shape index (κ3) is 3.90. The van der Waals surface area contributed by atoms with Gasteiger partial charge in [-0.15, -0.1) is 0 Å². The van der Waals surface area contributed by atoms with Gasteiger partial charge in [-0.3, -0.25) is 9.59 Å². The smallest absolute Gasteiger partial charge is 0.319 e. The topological polar surface area (TPSA) is 43.4 Å². The fourth-order valence-corrected chi connectivity index (χ4v) is 0.606. The number of hydrogen-bond acceptors (Lipinski definition) is 3. The van der Waals surface area contributed by atoms with E-state index in [2.05, 4.69) is 0 Å². The first-order chi connectivity index (χ1) is 6.07. The molecule has 0 aromatic rings. The lowest BCUT2D eigenvalue weighted by Gasteiger charge is -2.23. The lowest BCUT2D eigenvalue weighted by atomic mass is 9.89. The second kappa shape index (κ2) is 4.11. The van der Waals surface area contributed by atoms with Gasteiger partial charge >= 0.3 is 5.97 Å². The fourth-order valence-electron chi connectivity index (χ4n) is 0.606. The minimum Gasteiger partial charge on any atom is -0.464 e. The zero-order valence-corrected chi connectivity index (χ0v) is 9.93. The average Bonchev–Trinajstić information content (AvgIpc) is 1.98. The second-order valence-corrected chi connectivity index (χ2v) is 5.32. The van der Waals surface area contributed by atoms with Gasteiger partial charge in [0, 0.05) is 0 Å². The van der Waals surface area contributed by atoms with Gasteiger partial charge in [0.25, 0.3) is 0 Å². The Morgan fingerprint density at radius 1 is 1.07 bits per heavy atom. The van der Waals surface area contributed by atoms with E-state index in [0.29, 0.717) is 6.61 Å². The molecule has 0 aromatic carbocycles. The zero-order valence-electron chi connectivity index (χ0n) is 9.93. The minimum atomic E-state index is -1.02. The molecule has 0 saturated carbocycles. The van der Waals surface area contributed by atoms with Crippen LogP contribution in [0.3, 0.4) is 0 Å². The predicted molar refractivity (Wildman–Crippen MR) is 54.9 cm³/mol. The van der Waals surface area contributed by atoms with Crippen molar-refractivity contribution in [3.8, 4) is 0 Å². The highest BCUT2D eigenvalue weighted by atomic mass is 16.5. The Labute approximate surface area is 85.8 Å². The molecule has 0 atom stereocenters. The van der Waals surface area contributed by atoms with E-state index in [9.17, 15) is 9.59 Å².